The van der Waals surface area contributed by atoms with Gasteiger partial charge in [0.25, 0.3) is 5.91 Å². The number of carbonyl (C=O) groups excluding carboxylic acids is 2. The Hall–Kier alpha value is -3.38. The van der Waals surface area contributed by atoms with Gasteiger partial charge in [0, 0.05) is 34.2 Å². The lowest BCUT2D eigenvalue weighted by atomic mass is 10.1. The number of halogens is 1. The predicted octanol–water partition coefficient (Wildman–Crippen LogP) is 4.66. The minimum atomic E-state index is -0.443. The van der Waals surface area contributed by atoms with Crippen LogP contribution in [0.3, 0.4) is 0 Å². The average Bonchev–Trinajstić information content (AvgIpc) is 3.28. The Morgan fingerprint density at radius 1 is 1.25 bits per heavy atom. The topological polar surface area (TPSA) is 81.4 Å². The molecule has 0 radical (unpaired) electrons. The second-order valence-electron chi connectivity index (χ2n) is 6.09. The summed E-state index contributed by atoms with van der Waals surface area (Å²) in [5, 5.41) is 3.34. The summed E-state index contributed by atoms with van der Waals surface area (Å²) in [4.78, 5) is 28.2. The van der Waals surface area contributed by atoms with E-state index in [2.05, 4.69) is 10.3 Å². The van der Waals surface area contributed by atoms with Crippen molar-refractivity contribution in [2.45, 2.75) is 6.92 Å². The number of nitrogens with zero attached hydrogens (tertiary/aromatic N) is 1. The maximum absolute atomic E-state index is 12.3. The molecule has 0 bridgehead atoms. The number of carbonyl (C=O) groups is 2. The number of fused-ring (bicyclic) bond motifs is 1. The van der Waals surface area contributed by atoms with Crippen LogP contribution in [0.15, 0.2) is 53.2 Å². The summed E-state index contributed by atoms with van der Waals surface area (Å²) in [6, 6.07) is 10.4. The summed E-state index contributed by atoms with van der Waals surface area (Å²) in [6.07, 6.45) is 4.69. The summed E-state index contributed by atoms with van der Waals surface area (Å²) in [6.45, 7) is 2.03. The standard InChI is InChI=1S/C21H15ClN2O4/c1-2-27-21(26)13-7-12(10-23-11-13)19-6-4-15(28-19)9-17-16-8-14(22)3-5-18(16)24-20(17)25/h3-11H,2H2,1H3,(H,24,25). The molecule has 28 heavy (non-hydrogen) atoms. The van der Waals surface area contributed by atoms with E-state index in [0.29, 0.717) is 38.9 Å². The van der Waals surface area contributed by atoms with Gasteiger partial charge in [-0.2, -0.15) is 0 Å². The molecule has 3 heterocycles. The zero-order valence-corrected chi connectivity index (χ0v) is 15.6. The van der Waals surface area contributed by atoms with Gasteiger partial charge in [0.15, 0.2) is 0 Å². The largest absolute Gasteiger partial charge is 0.462 e. The number of ether oxygens (including phenoxy) is 1. The number of aromatic nitrogens is 1. The van der Waals surface area contributed by atoms with Gasteiger partial charge in [0.1, 0.15) is 11.5 Å². The first-order valence-electron chi connectivity index (χ1n) is 8.60. The van der Waals surface area contributed by atoms with E-state index in [9.17, 15) is 9.59 Å². The number of rotatable bonds is 4. The fourth-order valence-corrected chi connectivity index (χ4v) is 3.10. The fraction of sp³-hybridized carbons (Fsp3) is 0.0952. The van der Waals surface area contributed by atoms with Crippen molar-refractivity contribution in [3.8, 4) is 11.3 Å². The molecule has 140 valence electrons. The molecular formula is C21H15ClN2O4. The second-order valence-corrected chi connectivity index (χ2v) is 6.52. The highest BCUT2D eigenvalue weighted by atomic mass is 35.5. The van der Waals surface area contributed by atoms with Crippen molar-refractivity contribution in [1.82, 2.24) is 4.98 Å². The van der Waals surface area contributed by atoms with Crippen molar-refractivity contribution < 1.29 is 18.7 Å². The number of amides is 1. The molecule has 1 amide bonds. The third-order valence-corrected chi connectivity index (χ3v) is 4.45. The quantitative estimate of drug-likeness (QED) is 0.514. The van der Waals surface area contributed by atoms with Crippen LogP contribution >= 0.6 is 11.6 Å². The first-order valence-corrected chi connectivity index (χ1v) is 8.98. The molecule has 4 rings (SSSR count). The van der Waals surface area contributed by atoms with E-state index in [4.69, 9.17) is 20.8 Å². The van der Waals surface area contributed by atoms with Crippen LogP contribution in [0.5, 0.6) is 0 Å². The first-order chi connectivity index (χ1) is 13.5. The van der Waals surface area contributed by atoms with E-state index in [-0.39, 0.29) is 12.5 Å². The molecule has 0 saturated carbocycles. The van der Waals surface area contributed by atoms with E-state index in [1.54, 1.807) is 55.6 Å². The monoisotopic (exact) mass is 394 g/mol. The number of esters is 1. The fourth-order valence-electron chi connectivity index (χ4n) is 2.93. The molecule has 2 aromatic heterocycles. The smallest absolute Gasteiger partial charge is 0.339 e. The Balaban J connectivity index is 1.65. The maximum atomic E-state index is 12.3. The van der Waals surface area contributed by atoms with Crippen LogP contribution in [-0.4, -0.2) is 23.5 Å². The van der Waals surface area contributed by atoms with E-state index in [1.807, 2.05) is 0 Å². The van der Waals surface area contributed by atoms with Gasteiger partial charge in [-0.3, -0.25) is 9.78 Å². The molecule has 0 spiro atoms. The molecule has 1 aliphatic rings. The minimum Gasteiger partial charge on any atom is -0.462 e. The van der Waals surface area contributed by atoms with Crippen molar-refractivity contribution >= 4 is 40.8 Å². The highest BCUT2D eigenvalue weighted by Crippen LogP contribution is 2.35. The Labute approximate surface area is 165 Å². The SMILES string of the molecule is CCOC(=O)c1cncc(-c2ccc(C=C3C(=O)Nc4ccc(Cl)cc43)o2)c1. The summed E-state index contributed by atoms with van der Waals surface area (Å²) in [5.41, 5.74) is 2.88. The number of pyridine rings is 1. The summed E-state index contributed by atoms with van der Waals surface area (Å²) < 4.78 is 10.8. The van der Waals surface area contributed by atoms with Crippen molar-refractivity contribution in [2.75, 3.05) is 11.9 Å². The van der Waals surface area contributed by atoms with Crippen LogP contribution in [0.1, 0.15) is 28.6 Å². The maximum Gasteiger partial charge on any atom is 0.339 e. The molecule has 0 aliphatic carbocycles. The van der Waals surface area contributed by atoms with E-state index in [1.165, 1.54) is 6.20 Å². The van der Waals surface area contributed by atoms with Gasteiger partial charge in [-0.05, 0) is 49.4 Å². The molecule has 0 atom stereocenters. The first kappa shape index (κ1) is 18.0. The van der Waals surface area contributed by atoms with E-state index < -0.39 is 5.97 Å². The number of nitrogens with one attached hydrogen (secondary N) is 1. The summed E-state index contributed by atoms with van der Waals surface area (Å²) >= 11 is 6.05. The van der Waals surface area contributed by atoms with Crippen LogP contribution in [0.4, 0.5) is 5.69 Å². The number of benzene rings is 1. The average molecular weight is 395 g/mol. The van der Waals surface area contributed by atoms with Gasteiger partial charge in [0.2, 0.25) is 0 Å². The number of anilines is 1. The Kier molecular flexibility index (Phi) is 4.71. The Morgan fingerprint density at radius 2 is 2.11 bits per heavy atom. The van der Waals surface area contributed by atoms with Crippen LogP contribution in [0.2, 0.25) is 5.02 Å². The Bertz CT molecular complexity index is 1120. The van der Waals surface area contributed by atoms with Gasteiger partial charge in [-0.15, -0.1) is 0 Å². The lowest BCUT2D eigenvalue weighted by Crippen LogP contribution is -2.05. The van der Waals surface area contributed by atoms with Crippen LogP contribution in [-0.2, 0) is 9.53 Å². The Morgan fingerprint density at radius 3 is 2.93 bits per heavy atom. The molecule has 0 unspecified atom stereocenters. The van der Waals surface area contributed by atoms with Gasteiger partial charge < -0.3 is 14.5 Å². The highest BCUT2D eigenvalue weighted by molar-refractivity contribution is 6.36. The minimum absolute atomic E-state index is 0.221. The zero-order chi connectivity index (χ0) is 19.7. The summed E-state index contributed by atoms with van der Waals surface area (Å²) in [7, 11) is 0. The number of hydrogen-bond acceptors (Lipinski definition) is 5. The van der Waals surface area contributed by atoms with Gasteiger partial charge in [-0.25, -0.2) is 4.79 Å². The van der Waals surface area contributed by atoms with Gasteiger partial charge in [-0.1, -0.05) is 11.6 Å². The third kappa shape index (κ3) is 3.42. The lowest BCUT2D eigenvalue weighted by Gasteiger charge is -2.02. The molecule has 6 nitrogen and oxygen atoms in total. The van der Waals surface area contributed by atoms with Gasteiger partial charge in [0.05, 0.1) is 17.7 Å². The molecule has 0 fully saturated rings. The summed E-state index contributed by atoms with van der Waals surface area (Å²) in [5.74, 6) is 0.354. The van der Waals surface area contributed by atoms with Crippen LogP contribution < -0.4 is 5.32 Å². The van der Waals surface area contributed by atoms with Crippen LogP contribution in [0, 0.1) is 0 Å². The molecular weight excluding hydrogens is 380 g/mol. The number of hydrogen-bond donors (Lipinski definition) is 1. The van der Waals surface area contributed by atoms with Crippen molar-refractivity contribution in [2.24, 2.45) is 0 Å². The van der Waals surface area contributed by atoms with Gasteiger partial charge >= 0.3 is 5.97 Å². The van der Waals surface area contributed by atoms with E-state index >= 15 is 0 Å². The number of furan rings is 1. The molecule has 7 heteroatoms. The molecule has 0 saturated heterocycles. The zero-order valence-electron chi connectivity index (χ0n) is 14.9. The lowest BCUT2D eigenvalue weighted by molar-refractivity contribution is -0.110. The molecule has 1 aromatic carbocycles. The second kappa shape index (κ2) is 7.32. The predicted molar refractivity (Wildman–Crippen MR) is 106 cm³/mol. The molecule has 1 N–H and O–H groups in total. The highest BCUT2D eigenvalue weighted by Gasteiger charge is 2.24. The molecule has 1 aliphatic heterocycles. The van der Waals surface area contributed by atoms with Crippen molar-refractivity contribution in [3.05, 3.63) is 70.7 Å². The van der Waals surface area contributed by atoms with Crippen molar-refractivity contribution in [1.29, 1.82) is 0 Å². The van der Waals surface area contributed by atoms with E-state index in [0.717, 1.165) is 5.56 Å². The molecule has 3 aromatic rings. The van der Waals surface area contributed by atoms with Crippen LogP contribution in [0.25, 0.3) is 23.0 Å². The normalized spacial score (nSPS) is 14.1. The van der Waals surface area contributed by atoms with Crippen molar-refractivity contribution in [3.63, 3.8) is 0 Å². The third-order valence-electron chi connectivity index (χ3n) is 4.21.